The number of carbonyl (C=O) groups is 1. The van der Waals surface area contributed by atoms with Crippen LogP contribution in [0.25, 0.3) is 0 Å². The quantitative estimate of drug-likeness (QED) is 0.208. The molecule has 3 aromatic carbocycles. The summed E-state index contributed by atoms with van der Waals surface area (Å²) < 4.78 is 37.0. The van der Waals surface area contributed by atoms with Crippen molar-refractivity contribution in [2.24, 2.45) is 0 Å². The summed E-state index contributed by atoms with van der Waals surface area (Å²) in [7, 11) is 0. The first-order valence-electron chi connectivity index (χ1n) is 13.1. The monoisotopic (exact) mass is 532 g/mol. The molecular formula is C32H36O7. The lowest BCUT2D eigenvalue weighted by molar-refractivity contribution is -0.318. The summed E-state index contributed by atoms with van der Waals surface area (Å²) in [5, 5.41) is 0. The summed E-state index contributed by atoms with van der Waals surface area (Å²) in [6.07, 6.45) is -2.00. The zero-order valence-corrected chi connectivity index (χ0v) is 22.2. The molecule has 0 saturated carbocycles. The Balaban J connectivity index is 1.59. The molecule has 1 aliphatic rings. The van der Waals surface area contributed by atoms with E-state index < -0.39 is 36.7 Å². The Bertz CT molecular complexity index is 1120. The van der Waals surface area contributed by atoms with Gasteiger partial charge in [0.05, 0.1) is 33.0 Å². The molecule has 1 heterocycles. The number of esters is 1. The summed E-state index contributed by atoms with van der Waals surface area (Å²) in [4.78, 5) is 12.2. The summed E-state index contributed by atoms with van der Waals surface area (Å²) in [6, 6.07) is 29.6. The summed E-state index contributed by atoms with van der Waals surface area (Å²) in [6.45, 7) is 6.55. The fraction of sp³-hybridized carbons (Fsp3) is 0.344. The predicted octanol–water partition coefficient (Wildman–Crippen LogP) is 5.23. The maximum atomic E-state index is 12.2. The maximum absolute atomic E-state index is 12.2. The van der Waals surface area contributed by atoms with Crippen molar-refractivity contribution in [1.82, 2.24) is 0 Å². The zero-order valence-electron chi connectivity index (χ0n) is 22.2. The smallest absolute Gasteiger partial charge is 0.303 e. The summed E-state index contributed by atoms with van der Waals surface area (Å²) in [5.74, 6) is -0.468. The molecule has 0 bridgehead atoms. The molecule has 0 aromatic heterocycles. The van der Waals surface area contributed by atoms with Gasteiger partial charge >= 0.3 is 5.97 Å². The van der Waals surface area contributed by atoms with Crippen LogP contribution in [-0.4, -0.2) is 49.9 Å². The van der Waals surface area contributed by atoms with Crippen LogP contribution in [0.5, 0.6) is 0 Å². The Labute approximate surface area is 230 Å². The molecule has 5 atom stereocenters. The van der Waals surface area contributed by atoms with Crippen molar-refractivity contribution in [3.05, 3.63) is 120 Å². The van der Waals surface area contributed by atoms with E-state index in [1.165, 1.54) is 6.92 Å². The second kappa shape index (κ2) is 15.3. The highest BCUT2D eigenvalue weighted by molar-refractivity contribution is 5.66. The Kier molecular flexibility index (Phi) is 11.3. The van der Waals surface area contributed by atoms with Crippen molar-refractivity contribution in [2.75, 3.05) is 13.2 Å². The van der Waals surface area contributed by atoms with E-state index in [1.807, 2.05) is 91.0 Å². The van der Waals surface area contributed by atoms with Crippen LogP contribution in [0.1, 0.15) is 23.6 Å². The van der Waals surface area contributed by atoms with E-state index in [4.69, 9.17) is 28.4 Å². The van der Waals surface area contributed by atoms with Gasteiger partial charge in [-0.2, -0.15) is 0 Å². The van der Waals surface area contributed by atoms with Crippen LogP contribution >= 0.6 is 0 Å². The zero-order chi connectivity index (χ0) is 27.3. The lowest BCUT2D eigenvalue weighted by atomic mass is 9.98. The molecule has 3 aromatic rings. The van der Waals surface area contributed by atoms with Gasteiger partial charge in [-0.15, -0.1) is 6.58 Å². The van der Waals surface area contributed by atoms with Crippen LogP contribution in [0.3, 0.4) is 0 Å². The van der Waals surface area contributed by atoms with E-state index in [-0.39, 0.29) is 13.2 Å². The van der Waals surface area contributed by atoms with E-state index in [2.05, 4.69) is 6.58 Å². The molecule has 1 saturated heterocycles. The minimum Gasteiger partial charge on any atom is -0.454 e. The lowest BCUT2D eigenvalue weighted by Crippen LogP contribution is -2.62. The van der Waals surface area contributed by atoms with E-state index in [0.29, 0.717) is 19.8 Å². The lowest BCUT2D eigenvalue weighted by Gasteiger charge is -2.45. The Hall–Kier alpha value is -3.33. The van der Waals surface area contributed by atoms with E-state index in [9.17, 15) is 4.79 Å². The molecule has 1 fully saturated rings. The van der Waals surface area contributed by atoms with Crippen LogP contribution in [-0.2, 0) is 53.0 Å². The summed E-state index contributed by atoms with van der Waals surface area (Å²) in [5.41, 5.74) is 3.02. The highest BCUT2D eigenvalue weighted by Gasteiger charge is 2.50. The highest BCUT2D eigenvalue weighted by Crippen LogP contribution is 2.31. The standard InChI is InChI=1S/C32H36O7/c1-3-19-35-32-31(38-24(2)33)30(37-22-27-17-11-6-12-18-27)29(36-21-26-15-9-5-10-16-26)28(39-32)23-34-20-25-13-7-4-8-14-25/h3-18,28-32H,1,19-23H2,2H3/t28-,29-,30+,31-,32-/m1/s1. The fourth-order valence-corrected chi connectivity index (χ4v) is 4.42. The van der Waals surface area contributed by atoms with Crippen LogP contribution in [0.15, 0.2) is 104 Å². The fourth-order valence-electron chi connectivity index (χ4n) is 4.42. The molecule has 0 amide bonds. The van der Waals surface area contributed by atoms with Gasteiger partial charge in [-0.1, -0.05) is 97.1 Å². The second-order valence-electron chi connectivity index (χ2n) is 9.26. The average Bonchev–Trinajstić information content (AvgIpc) is 2.96. The minimum absolute atomic E-state index is 0.209. The number of carbonyl (C=O) groups excluding carboxylic acids is 1. The number of benzene rings is 3. The molecule has 0 N–H and O–H groups in total. The molecule has 1 aliphatic heterocycles. The van der Waals surface area contributed by atoms with Crippen LogP contribution < -0.4 is 0 Å². The third-order valence-corrected chi connectivity index (χ3v) is 6.24. The van der Waals surface area contributed by atoms with Gasteiger partial charge in [-0.25, -0.2) is 0 Å². The van der Waals surface area contributed by atoms with Gasteiger partial charge in [0.2, 0.25) is 0 Å². The third kappa shape index (κ3) is 8.85. The number of ether oxygens (including phenoxy) is 6. The van der Waals surface area contributed by atoms with E-state index in [0.717, 1.165) is 16.7 Å². The molecule has 0 radical (unpaired) electrons. The van der Waals surface area contributed by atoms with E-state index in [1.54, 1.807) is 6.08 Å². The van der Waals surface area contributed by atoms with Crippen molar-refractivity contribution >= 4 is 5.97 Å². The van der Waals surface area contributed by atoms with Gasteiger partial charge in [0, 0.05) is 6.92 Å². The molecule has 0 unspecified atom stereocenters. The molecule has 4 rings (SSSR count). The molecule has 39 heavy (non-hydrogen) atoms. The predicted molar refractivity (Wildman–Crippen MR) is 146 cm³/mol. The van der Waals surface area contributed by atoms with Gasteiger partial charge in [-0.3, -0.25) is 4.79 Å². The normalized spacial score (nSPS) is 22.7. The van der Waals surface area contributed by atoms with E-state index >= 15 is 0 Å². The number of rotatable bonds is 14. The molecule has 0 aliphatic carbocycles. The van der Waals surface area contributed by atoms with Crippen molar-refractivity contribution in [3.8, 4) is 0 Å². The second-order valence-corrected chi connectivity index (χ2v) is 9.26. The molecule has 206 valence electrons. The maximum Gasteiger partial charge on any atom is 0.303 e. The Morgan fingerprint density at radius 3 is 1.77 bits per heavy atom. The van der Waals surface area contributed by atoms with Gasteiger partial charge in [0.25, 0.3) is 0 Å². The van der Waals surface area contributed by atoms with Crippen molar-refractivity contribution < 1.29 is 33.2 Å². The first-order valence-corrected chi connectivity index (χ1v) is 13.1. The van der Waals surface area contributed by atoms with Gasteiger partial charge < -0.3 is 28.4 Å². The largest absolute Gasteiger partial charge is 0.454 e. The first kappa shape index (κ1) is 28.7. The number of hydrogen-bond donors (Lipinski definition) is 0. The average molecular weight is 533 g/mol. The van der Waals surface area contributed by atoms with Gasteiger partial charge in [0.1, 0.15) is 18.3 Å². The highest BCUT2D eigenvalue weighted by atomic mass is 16.7. The van der Waals surface area contributed by atoms with Crippen LogP contribution in [0.2, 0.25) is 0 Å². The van der Waals surface area contributed by atoms with Crippen LogP contribution in [0.4, 0.5) is 0 Å². The first-order chi connectivity index (χ1) is 19.1. The molecular weight excluding hydrogens is 496 g/mol. The minimum atomic E-state index is -0.894. The SMILES string of the molecule is C=CCO[C@@H]1O[C@H](COCc2ccccc2)[C@@H](OCc2ccccc2)[C@H](OCc2ccccc2)[C@H]1OC(C)=O. The van der Waals surface area contributed by atoms with Crippen molar-refractivity contribution in [1.29, 1.82) is 0 Å². The van der Waals surface area contributed by atoms with Gasteiger partial charge in [0.15, 0.2) is 12.4 Å². The Morgan fingerprint density at radius 1 is 0.744 bits per heavy atom. The molecule has 7 nitrogen and oxygen atoms in total. The number of hydrogen-bond acceptors (Lipinski definition) is 7. The van der Waals surface area contributed by atoms with Crippen molar-refractivity contribution in [2.45, 2.75) is 57.5 Å². The van der Waals surface area contributed by atoms with Crippen LogP contribution in [0, 0.1) is 0 Å². The van der Waals surface area contributed by atoms with Crippen molar-refractivity contribution in [3.63, 3.8) is 0 Å². The summed E-state index contributed by atoms with van der Waals surface area (Å²) >= 11 is 0. The third-order valence-electron chi connectivity index (χ3n) is 6.24. The van der Waals surface area contributed by atoms with Gasteiger partial charge in [-0.05, 0) is 16.7 Å². The molecule has 7 heteroatoms. The topological polar surface area (TPSA) is 72.5 Å². The molecule has 0 spiro atoms. The Morgan fingerprint density at radius 2 is 1.26 bits per heavy atom.